The average molecular weight is 383 g/mol. The lowest BCUT2D eigenvalue weighted by atomic mass is 10.0. The van der Waals surface area contributed by atoms with Crippen molar-refractivity contribution in [2.24, 2.45) is 0 Å². The topological polar surface area (TPSA) is 49.6 Å². The Morgan fingerprint density at radius 3 is 2.74 bits per heavy atom. The van der Waals surface area contributed by atoms with Crippen molar-refractivity contribution in [1.82, 2.24) is 24.7 Å². The van der Waals surface area contributed by atoms with Crippen molar-refractivity contribution < 1.29 is 0 Å². The summed E-state index contributed by atoms with van der Waals surface area (Å²) in [6.07, 6.45) is 3.43. The van der Waals surface area contributed by atoms with Crippen molar-refractivity contribution in [3.05, 3.63) is 65.1 Å². The molecule has 2 aromatic heterocycles. The fourth-order valence-electron chi connectivity index (χ4n) is 3.50. The predicted octanol–water partition coefficient (Wildman–Crippen LogP) is 3.22. The highest BCUT2D eigenvalue weighted by molar-refractivity contribution is 6.31. The van der Waals surface area contributed by atoms with Crippen molar-refractivity contribution in [3.63, 3.8) is 0 Å². The minimum atomic E-state index is 0.764. The first-order valence-electron chi connectivity index (χ1n) is 9.26. The number of rotatable bonds is 5. The minimum Gasteiger partial charge on any atom is -0.371 e. The summed E-state index contributed by atoms with van der Waals surface area (Å²) in [5, 5.41) is 13.3. The summed E-state index contributed by atoms with van der Waals surface area (Å²) in [7, 11) is 0. The second-order valence-electron chi connectivity index (χ2n) is 6.82. The van der Waals surface area contributed by atoms with Gasteiger partial charge in [-0.2, -0.15) is 4.52 Å². The van der Waals surface area contributed by atoms with Gasteiger partial charge in [0.25, 0.3) is 0 Å². The smallest absolute Gasteiger partial charge is 0.177 e. The largest absolute Gasteiger partial charge is 0.371 e. The number of nitrogens with zero attached hydrogens (tertiary/aromatic N) is 6. The first kappa shape index (κ1) is 17.8. The first-order valence-corrected chi connectivity index (χ1v) is 9.64. The van der Waals surface area contributed by atoms with Crippen LogP contribution in [0.2, 0.25) is 5.02 Å². The Labute approximate surface area is 164 Å². The van der Waals surface area contributed by atoms with Gasteiger partial charge in [0.2, 0.25) is 0 Å². The van der Waals surface area contributed by atoms with Crippen LogP contribution in [0.5, 0.6) is 0 Å². The van der Waals surface area contributed by atoms with Crippen molar-refractivity contribution in [2.45, 2.75) is 19.8 Å². The highest BCUT2D eigenvalue weighted by Crippen LogP contribution is 2.22. The Morgan fingerprint density at radius 2 is 1.96 bits per heavy atom. The molecule has 0 amide bonds. The van der Waals surface area contributed by atoms with Crippen LogP contribution in [0.25, 0.3) is 5.65 Å². The Kier molecular flexibility index (Phi) is 4.99. The fraction of sp³-hybridized carbons (Fsp3) is 0.350. The minimum absolute atomic E-state index is 0.764. The van der Waals surface area contributed by atoms with Crippen molar-refractivity contribution in [1.29, 1.82) is 0 Å². The molecule has 1 fully saturated rings. The van der Waals surface area contributed by atoms with Gasteiger partial charge in [-0.1, -0.05) is 37.2 Å². The first-order chi connectivity index (χ1) is 13.1. The van der Waals surface area contributed by atoms with Gasteiger partial charge in [-0.3, -0.25) is 0 Å². The van der Waals surface area contributed by atoms with Gasteiger partial charge in [-0.15, -0.1) is 15.3 Å². The molecule has 6 nitrogen and oxygen atoms in total. The van der Waals surface area contributed by atoms with E-state index < -0.39 is 0 Å². The highest BCUT2D eigenvalue weighted by atomic mass is 35.5. The zero-order chi connectivity index (χ0) is 18.8. The molecule has 27 heavy (non-hydrogen) atoms. The van der Waals surface area contributed by atoms with Crippen LogP contribution < -0.4 is 4.90 Å². The van der Waals surface area contributed by atoms with Crippen LogP contribution in [0.15, 0.2) is 48.9 Å². The number of piperazine rings is 1. The van der Waals surface area contributed by atoms with Crippen LogP contribution in [0.4, 0.5) is 5.82 Å². The zero-order valence-electron chi connectivity index (χ0n) is 15.5. The molecule has 3 heterocycles. The van der Waals surface area contributed by atoms with E-state index in [4.69, 9.17) is 11.6 Å². The van der Waals surface area contributed by atoms with E-state index in [1.165, 1.54) is 11.1 Å². The molecule has 0 saturated carbocycles. The number of hydrogen-bond donors (Lipinski definition) is 0. The predicted molar refractivity (Wildman–Crippen MR) is 108 cm³/mol. The standard InChI is InChI=1S/C20H23ClN6/c1-3-17-13-16(4-5-18(17)21)12-15(2)25-8-10-26(11-9-25)20-7-6-19-23-22-14-27(19)24-20/h4-7,13-14H,2-3,8-12H2,1H3. The molecule has 4 rings (SSSR count). The normalized spacial score (nSPS) is 14.7. The SMILES string of the molecule is C=C(Cc1ccc(Cl)c(CC)c1)N1CCN(c2ccc3nncn3n2)CC1. The molecule has 1 saturated heterocycles. The van der Waals surface area contributed by atoms with Gasteiger partial charge in [0, 0.05) is 43.3 Å². The second kappa shape index (κ2) is 7.56. The molecule has 0 spiro atoms. The number of halogens is 1. The summed E-state index contributed by atoms with van der Waals surface area (Å²) in [6.45, 7) is 10.2. The Hall–Kier alpha value is -2.60. The lowest BCUT2D eigenvalue weighted by Crippen LogP contribution is -2.46. The number of aryl methyl sites for hydroxylation is 1. The van der Waals surface area contributed by atoms with Crippen LogP contribution in [0.3, 0.4) is 0 Å². The molecule has 140 valence electrons. The Morgan fingerprint density at radius 1 is 1.15 bits per heavy atom. The lowest BCUT2D eigenvalue weighted by molar-refractivity contribution is 0.315. The molecular formula is C20H23ClN6. The number of allylic oxidation sites excluding steroid dienone is 1. The van der Waals surface area contributed by atoms with E-state index in [1.807, 2.05) is 18.2 Å². The molecule has 1 aromatic carbocycles. The summed E-state index contributed by atoms with van der Waals surface area (Å²) in [6, 6.07) is 10.2. The monoisotopic (exact) mass is 382 g/mol. The maximum atomic E-state index is 6.23. The summed E-state index contributed by atoms with van der Waals surface area (Å²) >= 11 is 6.23. The van der Waals surface area contributed by atoms with Gasteiger partial charge in [0.05, 0.1) is 0 Å². The van der Waals surface area contributed by atoms with Crippen molar-refractivity contribution in [2.75, 3.05) is 31.1 Å². The number of aromatic nitrogens is 4. The van der Waals surface area contributed by atoms with Crippen LogP contribution in [0, 0.1) is 0 Å². The number of anilines is 1. The molecule has 0 radical (unpaired) electrons. The lowest BCUT2D eigenvalue weighted by Gasteiger charge is -2.37. The molecular weight excluding hydrogens is 360 g/mol. The van der Waals surface area contributed by atoms with E-state index in [-0.39, 0.29) is 0 Å². The van der Waals surface area contributed by atoms with Gasteiger partial charge in [-0.25, -0.2) is 0 Å². The van der Waals surface area contributed by atoms with Gasteiger partial charge in [0.1, 0.15) is 12.1 Å². The van der Waals surface area contributed by atoms with E-state index in [1.54, 1.807) is 10.8 Å². The second-order valence-corrected chi connectivity index (χ2v) is 7.23. The molecule has 0 bridgehead atoms. The summed E-state index contributed by atoms with van der Waals surface area (Å²) < 4.78 is 1.71. The van der Waals surface area contributed by atoms with Crippen LogP contribution in [-0.2, 0) is 12.8 Å². The van der Waals surface area contributed by atoms with Gasteiger partial charge in [0.15, 0.2) is 5.65 Å². The van der Waals surface area contributed by atoms with Gasteiger partial charge >= 0.3 is 0 Å². The maximum Gasteiger partial charge on any atom is 0.177 e. The molecule has 1 aliphatic rings. The molecule has 7 heteroatoms. The van der Waals surface area contributed by atoms with E-state index in [0.29, 0.717) is 0 Å². The van der Waals surface area contributed by atoms with Gasteiger partial charge < -0.3 is 9.80 Å². The summed E-state index contributed by atoms with van der Waals surface area (Å²) in [4.78, 5) is 4.66. The number of fused-ring (bicyclic) bond motifs is 1. The van der Waals surface area contributed by atoms with E-state index in [2.05, 4.69) is 50.7 Å². The quantitative estimate of drug-likeness (QED) is 0.678. The zero-order valence-corrected chi connectivity index (χ0v) is 16.2. The Balaban J connectivity index is 1.37. The average Bonchev–Trinajstić information content (AvgIpc) is 3.17. The molecule has 0 aliphatic carbocycles. The maximum absolute atomic E-state index is 6.23. The van der Waals surface area contributed by atoms with Crippen molar-refractivity contribution in [3.8, 4) is 0 Å². The molecule has 0 atom stereocenters. The third kappa shape index (κ3) is 3.76. The van der Waals surface area contributed by atoms with Crippen LogP contribution in [0.1, 0.15) is 18.1 Å². The summed E-state index contributed by atoms with van der Waals surface area (Å²) in [5.74, 6) is 0.956. The van der Waals surface area contributed by atoms with E-state index in [9.17, 15) is 0 Å². The van der Waals surface area contributed by atoms with Crippen LogP contribution >= 0.6 is 11.6 Å². The molecule has 0 unspecified atom stereocenters. The Bertz CT molecular complexity index is 958. The molecule has 3 aromatic rings. The summed E-state index contributed by atoms with van der Waals surface area (Å²) in [5.41, 5.74) is 4.38. The highest BCUT2D eigenvalue weighted by Gasteiger charge is 2.19. The number of benzene rings is 1. The number of hydrogen-bond acceptors (Lipinski definition) is 5. The molecule has 1 aliphatic heterocycles. The fourth-order valence-corrected chi connectivity index (χ4v) is 3.75. The third-order valence-electron chi connectivity index (χ3n) is 5.10. The van der Waals surface area contributed by atoms with E-state index in [0.717, 1.165) is 61.2 Å². The van der Waals surface area contributed by atoms with Crippen molar-refractivity contribution >= 4 is 23.1 Å². The van der Waals surface area contributed by atoms with Crippen LogP contribution in [-0.4, -0.2) is 50.9 Å². The van der Waals surface area contributed by atoms with E-state index >= 15 is 0 Å². The molecule has 0 N–H and O–H groups in total. The third-order valence-corrected chi connectivity index (χ3v) is 5.47. The van der Waals surface area contributed by atoms with Gasteiger partial charge in [-0.05, 0) is 35.7 Å².